The normalized spacial score (nSPS) is 11.2. The van der Waals surface area contributed by atoms with Crippen LogP contribution < -0.4 is 25.6 Å². The van der Waals surface area contributed by atoms with Gasteiger partial charge in [0.2, 0.25) is 5.91 Å². The monoisotopic (exact) mass is 513 g/mol. The van der Waals surface area contributed by atoms with Gasteiger partial charge in [0, 0.05) is 5.69 Å². The minimum atomic E-state index is -0.845. The Morgan fingerprint density at radius 1 is 1.14 bits per heavy atom. The van der Waals surface area contributed by atoms with Crippen LogP contribution in [0.5, 0.6) is 17.4 Å². The first-order valence-electron chi connectivity index (χ1n) is 10.8. The van der Waals surface area contributed by atoms with E-state index >= 15 is 0 Å². The van der Waals surface area contributed by atoms with Gasteiger partial charge in [-0.3, -0.25) is 4.79 Å². The molecule has 0 spiro atoms. The Morgan fingerprint density at radius 3 is 2.38 bits per heavy atom. The molecule has 184 valence electrons. The molecule has 11 nitrogen and oxygen atoms in total. The first-order chi connectivity index (χ1) is 17.8. The van der Waals surface area contributed by atoms with Crippen molar-refractivity contribution in [2.24, 2.45) is 7.05 Å². The standard InChI is InChI=1S/C25H19N7O4S/c1-14(23(33)29-15-8-10-17(11-9-15)35-16-6-4-3-5-7-16)37-24-19(13-27)20(18(12-26)22(28)30-24)21-25(34)36-31-32(21)2/h3-11,14H,1-2H3,(H3-,28,29,30,31,33,34). The SMILES string of the molecule is CC(Sc1nc(N)c(C#N)c(-c2c([O-])on[n+]2C)c1C#N)C(=O)Nc1ccc(Oc2ccccc2)cc1. The van der Waals surface area contributed by atoms with Gasteiger partial charge >= 0.3 is 0 Å². The molecule has 0 aliphatic carbocycles. The van der Waals surface area contributed by atoms with Crippen LogP contribution in [0.3, 0.4) is 0 Å². The fourth-order valence-corrected chi connectivity index (χ4v) is 4.31. The molecule has 2 heterocycles. The number of anilines is 2. The van der Waals surface area contributed by atoms with Crippen LogP contribution in [0.4, 0.5) is 11.5 Å². The molecule has 12 heteroatoms. The van der Waals surface area contributed by atoms with Crippen molar-refractivity contribution < 1.29 is 23.8 Å². The van der Waals surface area contributed by atoms with E-state index in [1.54, 1.807) is 31.2 Å². The van der Waals surface area contributed by atoms with E-state index in [2.05, 4.69) is 20.1 Å². The molecule has 1 amide bonds. The summed E-state index contributed by atoms with van der Waals surface area (Å²) >= 11 is 0.961. The summed E-state index contributed by atoms with van der Waals surface area (Å²) in [6, 6.07) is 20.0. The molecule has 0 aliphatic rings. The van der Waals surface area contributed by atoms with E-state index in [0.717, 1.165) is 16.4 Å². The Morgan fingerprint density at radius 2 is 1.78 bits per heavy atom. The van der Waals surface area contributed by atoms with Crippen LogP contribution in [0, 0.1) is 22.7 Å². The number of aryl methyl sites for hydroxylation is 1. The number of nitrogen functional groups attached to an aromatic ring is 1. The summed E-state index contributed by atoms with van der Waals surface area (Å²) in [5.41, 5.74) is 6.10. The average Bonchev–Trinajstić information content (AvgIpc) is 3.22. The number of aromatic nitrogens is 3. The van der Waals surface area contributed by atoms with Gasteiger partial charge in [0.15, 0.2) is 13.0 Å². The Hall–Kier alpha value is -5.07. The molecule has 0 radical (unpaired) electrons. The number of nitrogens with zero attached hydrogens (tertiary/aromatic N) is 5. The summed E-state index contributed by atoms with van der Waals surface area (Å²) < 4.78 is 11.5. The van der Waals surface area contributed by atoms with Gasteiger partial charge in [-0.05, 0) is 43.3 Å². The Balaban J connectivity index is 1.55. The van der Waals surface area contributed by atoms with Crippen LogP contribution in [-0.2, 0) is 11.8 Å². The molecular weight excluding hydrogens is 494 g/mol. The summed E-state index contributed by atoms with van der Waals surface area (Å²) in [6.07, 6.45) is 0. The van der Waals surface area contributed by atoms with E-state index in [1.165, 1.54) is 7.05 Å². The quantitative estimate of drug-likeness (QED) is 0.276. The molecule has 4 aromatic rings. The second-order valence-electron chi connectivity index (χ2n) is 7.67. The lowest BCUT2D eigenvalue weighted by Gasteiger charge is -2.15. The maximum atomic E-state index is 12.9. The molecule has 0 saturated carbocycles. The van der Waals surface area contributed by atoms with Crippen LogP contribution in [-0.4, -0.2) is 21.4 Å². The number of benzene rings is 2. The van der Waals surface area contributed by atoms with E-state index in [9.17, 15) is 20.4 Å². The molecule has 0 aliphatic heterocycles. The molecule has 2 aromatic carbocycles. The zero-order valence-electron chi connectivity index (χ0n) is 19.6. The zero-order valence-corrected chi connectivity index (χ0v) is 20.4. The number of hydrogen-bond acceptors (Lipinski definition) is 10. The number of rotatable bonds is 7. The molecular formula is C25H19N7O4S. The van der Waals surface area contributed by atoms with Gasteiger partial charge in [-0.15, -0.1) is 0 Å². The lowest BCUT2D eigenvalue weighted by Crippen LogP contribution is -2.32. The van der Waals surface area contributed by atoms with Gasteiger partial charge in [-0.1, -0.05) is 34.6 Å². The lowest BCUT2D eigenvalue weighted by atomic mass is 10.0. The Labute approximate surface area is 215 Å². The molecule has 3 N–H and O–H groups in total. The molecule has 37 heavy (non-hydrogen) atoms. The second kappa shape index (κ2) is 10.7. The number of carbonyl (C=O) groups excluding carboxylic acids is 1. The van der Waals surface area contributed by atoms with Crippen LogP contribution >= 0.6 is 11.8 Å². The third kappa shape index (κ3) is 5.29. The van der Waals surface area contributed by atoms with Crippen LogP contribution in [0.2, 0.25) is 0 Å². The van der Waals surface area contributed by atoms with Crippen molar-refractivity contribution in [1.82, 2.24) is 10.3 Å². The highest BCUT2D eigenvalue weighted by atomic mass is 32.2. The largest absolute Gasteiger partial charge is 0.539 e. The van der Waals surface area contributed by atoms with Crippen molar-refractivity contribution in [3.05, 3.63) is 65.7 Å². The number of nitrogens with one attached hydrogen (secondary N) is 1. The molecule has 0 bridgehead atoms. The average molecular weight is 514 g/mol. The smallest absolute Gasteiger partial charge is 0.266 e. The van der Waals surface area contributed by atoms with E-state index in [4.69, 9.17) is 10.5 Å². The first kappa shape index (κ1) is 25.0. The van der Waals surface area contributed by atoms with Crippen LogP contribution in [0.25, 0.3) is 11.3 Å². The van der Waals surface area contributed by atoms with Gasteiger partial charge in [-0.25, -0.2) is 4.98 Å². The number of nitriles is 2. The van der Waals surface area contributed by atoms with E-state index in [1.807, 2.05) is 42.5 Å². The number of carbonyl (C=O) groups is 1. The number of hydrogen-bond donors (Lipinski definition) is 2. The molecule has 0 fully saturated rings. The van der Waals surface area contributed by atoms with Gasteiger partial charge in [0.25, 0.3) is 5.69 Å². The van der Waals surface area contributed by atoms with Crippen LogP contribution in [0.1, 0.15) is 18.1 Å². The predicted octanol–water partition coefficient (Wildman–Crippen LogP) is 2.87. The van der Waals surface area contributed by atoms with Crippen molar-refractivity contribution in [2.75, 3.05) is 11.1 Å². The summed E-state index contributed by atoms with van der Waals surface area (Å²) in [4.78, 5) is 17.0. The third-order valence-electron chi connectivity index (χ3n) is 5.17. The van der Waals surface area contributed by atoms with Crippen molar-refractivity contribution in [2.45, 2.75) is 17.2 Å². The topological polar surface area (TPSA) is 178 Å². The third-order valence-corrected chi connectivity index (χ3v) is 6.26. The predicted molar refractivity (Wildman–Crippen MR) is 131 cm³/mol. The number of para-hydroxylation sites is 1. The molecule has 0 saturated heterocycles. The second-order valence-corrected chi connectivity index (χ2v) is 9.00. The van der Waals surface area contributed by atoms with Crippen LogP contribution in [0.15, 0.2) is 64.1 Å². The fraction of sp³-hybridized carbons (Fsp3) is 0.120. The number of amides is 1. The summed E-state index contributed by atoms with van der Waals surface area (Å²) in [6.45, 7) is 1.63. The highest BCUT2D eigenvalue weighted by molar-refractivity contribution is 8.00. The fourth-order valence-electron chi connectivity index (χ4n) is 3.39. The molecule has 4 rings (SSSR count). The maximum Gasteiger partial charge on any atom is 0.266 e. The molecule has 1 unspecified atom stereocenters. The summed E-state index contributed by atoms with van der Waals surface area (Å²) in [7, 11) is 1.43. The highest BCUT2D eigenvalue weighted by Crippen LogP contribution is 2.38. The van der Waals surface area contributed by atoms with Crippen molar-refractivity contribution in [3.63, 3.8) is 0 Å². The van der Waals surface area contributed by atoms with Gasteiger partial charge in [0.1, 0.15) is 40.0 Å². The Bertz CT molecular complexity index is 1520. The first-order valence-corrected chi connectivity index (χ1v) is 11.7. The highest BCUT2D eigenvalue weighted by Gasteiger charge is 2.30. The summed E-state index contributed by atoms with van der Waals surface area (Å²) in [5, 5.41) is 37.4. The van der Waals surface area contributed by atoms with Crippen molar-refractivity contribution in [3.8, 4) is 40.8 Å². The minimum Gasteiger partial charge on any atom is -0.539 e. The summed E-state index contributed by atoms with van der Waals surface area (Å²) in [5.74, 6) is -0.106. The zero-order chi connectivity index (χ0) is 26.5. The lowest BCUT2D eigenvalue weighted by molar-refractivity contribution is -0.730. The number of ether oxygens (including phenoxy) is 1. The maximum absolute atomic E-state index is 12.9. The molecule has 2 aromatic heterocycles. The number of nitrogens with two attached hydrogens (primary N) is 1. The minimum absolute atomic E-state index is 0.0460. The molecule has 1 atom stereocenters. The van der Waals surface area contributed by atoms with Gasteiger partial charge in [0.05, 0.1) is 21.6 Å². The van der Waals surface area contributed by atoms with Crippen molar-refractivity contribution >= 4 is 29.2 Å². The van der Waals surface area contributed by atoms with E-state index in [0.29, 0.717) is 17.2 Å². The van der Waals surface area contributed by atoms with E-state index < -0.39 is 11.2 Å². The van der Waals surface area contributed by atoms with E-state index in [-0.39, 0.29) is 39.1 Å². The van der Waals surface area contributed by atoms with Gasteiger partial charge < -0.3 is 25.4 Å². The Kier molecular flexibility index (Phi) is 7.23. The van der Waals surface area contributed by atoms with Crippen molar-refractivity contribution in [1.29, 1.82) is 10.5 Å². The number of pyridine rings is 1. The number of thioether (sulfide) groups is 1. The van der Waals surface area contributed by atoms with Gasteiger partial charge in [-0.2, -0.15) is 10.5 Å².